The Balaban J connectivity index is 0.000000321. The van der Waals surface area contributed by atoms with Crippen LogP contribution in [0.2, 0.25) is 0 Å². The molecule has 7 nitrogen and oxygen atoms in total. The van der Waals surface area contributed by atoms with Crippen molar-refractivity contribution in [1.29, 1.82) is 0 Å². The molecule has 0 spiro atoms. The standard InChI is InChI=1S/C7H9NO.C4H9NO4/c1-9-7-5-3-2-4-6(7)8;1-2(6)4(5,9)3(7)8/h2-5H,8H2,1H3;2,6,9H,5H2,1H3,(H,7,8). The number of para-hydroxylation sites is 2. The van der Waals surface area contributed by atoms with E-state index in [0.717, 1.165) is 12.7 Å². The van der Waals surface area contributed by atoms with E-state index in [4.69, 9.17) is 31.5 Å². The maximum Gasteiger partial charge on any atom is 0.353 e. The van der Waals surface area contributed by atoms with Crippen LogP contribution in [-0.2, 0) is 4.79 Å². The van der Waals surface area contributed by atoms with Crippen molar-refractivity contribution in [3.8, 4) is 5.75 Å². The molecule has 2 atom stereocenters. The summed E-state index contributed by atoms with van der Waals surface area (Å²) in [6.07, 6.45) is -1.48. The quantitative estimate of drug-likeness (QED) is 0.359. The molecule has 1 aromatic rings. The highest BCUT2D eigenvalue weighted by Crippen LogP contribution is 2.18. The minimum Gasteiger partial charge on any atom is -0.495 e. The number of nitrogen functional groups attached to an aromatic ring is 1. The zero-order valence-electron chi connectivity index (χ0n) is 10.2. The number of aliphatic hydroxyl groups excluding tert-OH is 1. The molecule has 0 fully saturated rings. The highest BCUT2D eigenvalue weighted by Gasteiger charge is 2.36. The van der Waals surface area contributed by atoms with Crippen molar-refractivity contribution in [1.82, 2.24) is 0 Å². The molecule has 0 saturated carbocycles. The van der Waals surface area contributed by atoms with Crippen molar-refractivity contribution < 1.29 is 24.9 Å². The van der Waals surface area contributed by atoms with Gasteiger partial charge >= 0.3 is 5.97 Å². The van der Waals surface area contributed by atoms with Gasteiger partial charge in [-0.25, -0.2) is 4.79 Å². The van der Waals surface area contributed by atoms with Crippen molar-refractivity contribution in [2.45, 2.75) is 18.8 Å². The molecule has 0 aliphatic carbocycles. The fourth-order valence-electron chi connectivity index (χ4n) is 0.845. The summed E-state index contributed by atoms with van der Waals surface area (Å²) < 4.78 is 4.92. The van der Waals surface area contributed by atoms with Gasteiger partial charge in [0.1, 0.15) is 11.9 Å². The number of ether oxygens (including phenoxy) is 1. The zero-order chi connectivity index (χ0) is 14.3. The molecule has 7 N–H and O–H groups in total. The van der Waals surface area contributed by atoms with Gasteiger partial charge in [0, 0.05) is 0 Å². The molecule has 0 aliphatic rings. The predicted molar refractivity (Wildman–Crippen MR) is 65.9 cm³/mol. The van der Waals surface area contributed by atoms with E-state index in [9.17, 15) is 4.79 Å². The van der Waals surface area contributed by atoms with Gasteiger partial charge in [-0.05, 0) is 19.1 Å². The molecule has 0 saturated heterocycles. The first kappa shape index (κ1) is 16.2. The van der Waals surface area contributed by atoms with Crippen LogP contribution in [0.3, 0.4) is 0 Å². The van der Waals surface area contributed by atoms with E-state index in [1.807, 2.05) is 18.2 Å². The molecule has 0 heterocycles. The molecule has 0 bridgehead atoms. The molecule has 2 unspecified atom stereocenters. The van der Waals surface area contributed by atoms with Gasteiger partial charge in [0.15, 0.2) is 0 Å². The van der Waals surface area contributed by atoms with Gasteiger partial charge < -0.3 is 25.8 Å². The summed E-state index contributed by atoms with van der Waals surface area (Å²) in [5.74, 6) is -0.907. The Labute approximate surface area is 105 Å². The van der Waals surface area contributed by atoms with E-state index in [0.29, 0.717) is 5.69 Å². The smallest absolute Gasteiger partial charge is 0.353 e. The van der Waals surface area contributed by atoms with E-state index in [2.05, 4.69) is 0 Å². The Hall–Kier alpha value is -1.83. The minimum atomic E-state index is -2.53. The molecule has 0 amide bonds. The Morgan fingerprint density at radius 3 is 2.17 bits per heavy atom. The summed E-state index contributed by atoms with van der Waals surface area (Å²) in [5.41, 5.74) is 8.37. The van der Waals surface area contributed by atoms with Crippen LogP contribution in [-0.4, -0.2) is 40.2 Å². The number of rotatable bonds is 3. The number of anilines is 1. The predicted octanol–water partition coefficient (Wildman–Crippen LogP) is -0.623. The molecule has 102 valence electrons. The molecule has 7 heteroatoms. The minimum absolute atomic E-state index is 0.681. The summed E-state index contributed by atoms with van der Waals surface area (Å²) in [6.45, 7) is 1.09. The molecule has 0 radical (unpaired) electrons. The Morgan fingerprint density at radius 1 is 1.44 bits per heavy atom. The van der Waals surface area contributed by atoms with Gasteiger partial charge in [-0.15, -0.1) is 0 Å². The number of carboxylic acid groups (broad SMARTS) is 1. The number of benzene rings is 1. The van der Waals surface area contributed by atoms with Crippen LogP contribution in [0.5, 0.6) is 5.75 Å². The molecular weight excluding hydrogens is 240 g/mol. The second kappa shape index (κ2) is 6.80. The lowest BCUT2D eigenvalue weighted by Gasteiger charge is -2.19. The molecule has 0 aliphatic heterocycles. The van der Waals surface area contributed by atoms with E-state index in [-0.39, 0.29) is 0 Å². The Morgan fingerprint density at radius 2 is 1.94 bits per heavy atom. The van der Waals surface area contributed by atoms with E-state index in [1.54, 1.807) is 13.2 Å². The first-order valence-electron chi connectivity index (χ1n) is 5.04. The SMILES string of the molecule is CC(O)C(N)(O)C(=O)O.COc1ccccc1N. The normalized spacial score (nSPS) is 14.7. The number of aliphatic hydroxyl groups is 2. The zero-order valence-corrected chi connectivity index (χ0v) is 10.2. The van der Waals surface area contributed by atoms with Gasteiger partial charge in [0.05, 0.1) is 12.8 Å². The average molecular weight is 258 g/mol. The summed E-state index contributed by atoms with van der Waals surface area (Å²) in [4.78, 5) is 9.93. The fourth-order valence-corrected chi connectivity index (χ4v) is 0.845. The van der Waals surface area contributed by atoms with Gasteiger partial charge in [-0.3, -0.25) is 5.73 Å². The van der Waals surface area contributed by atoms with Crippen LogP contribution < -0.4 is 16.2 Å². The maximum atomic E-state index is 9.93. The summed E-state index contributed by atoms with van der Waals surface area (Å²) in [6, 6.07) is 7.39. The molecule has 18 heavy (non-hydrogen) atoms. The lowest BCUT2D eigenvalue weighted by Crippen LogP contribution is -2.56. The van der Waals surface area contributed by atoms with Crippen molar-refractivity contribution >= 4 is 11.7 Å². The van der Waals surface area contributed by atoms with Crippen molar-refractivity contribution in [3.63, 3.8) is 0 Å². The number of aliphatic carboxylic acids is 1. The molecule has 1 aromatic carbocycles. The third-order valence-electron chi connectivity index (χ3n) is 2.12. The summed E-state index contributed by atoms with van der Waals surface area (Å²) in [7, 11) is 1.60. The molecule has 0 aromatic heterocycles. The average Bonchev–Trinajstić information content (AvgIpc) is 2.30. The van der Waals surface area contributed by atoms with Crippen molar-refractivity contribution in [2.24, 2.45) is 5.73 Å². The Bertz CT molecular complexity index is 393. The number of hydrogen-bond acceptors (Lipinski definition) is 6. The van der Waals surface area contributed by atoms with Gasteiger partial charge in [-0.1, -0.05) is 12.1 Å². The third-order valence-corrected chi connectivity index (χ3v) is 2.12. The van der Waals surface area contributed by atoms with E-state index in [1.165, 1.54) is 0 Å². The lowest BCUT2D eigenvalue weighted by molar-refractivity contribution is -0.169. The number of nitrogens with two attached hydrogens (primary N) is 2. The topological polar surface area (TPSA) is 139 Å². The molecular formula is C11H18N2O5. The Kier molecular flexibility index (Phi) is 6.11. The summed E-state index contributed by atoms with van der Waals surface area (Å²) in [5, 5.41) is 25.2. The van der Waals surface area contributed by atoms with Crippen LogP contribution in [0, 0.1) is 0 Å². The monoisotopic (exact) mass is 258 g/mol. The first-order chi connectivity index (χ1) is 8.23. The van der Waals surface area contributed by atoms with Crippen LogP contribution in [0.4, 0.5) is 5.69 Å². The van der Waals surface area contributed by atoms with Crippen molar-refractivity contribution in [2.75, 3.05) is 12.8 Å². The first-order valence-corrected chi connectivity index (χ1v) is 5.04. The second-order valence-corrected chi connectivity index (χ2v) is 3.55. The number of hydrogen-bond donors (Lipinski definition) is 5. The van der Waals surface area contributed by atoms with Crippen LogP contribution in [0.25, 0.3) is 0 Å². The number of carbonyl (C=O) groups is 1. The van der Waals surface area contributed by atoms with Gasteiger partial charge in [-0.2, -0.15) is 0 Å². The largest absolute Gasteiger partial charge is 0.495 e. The highest BCUT2D eigenvalue weighted by molar-refractivity contribution is 5.76. The van der Waals surface area contributed by atoms with Crippen LogP contribution in [0.15, 0.2) is 24.3 Å². The second-order valence-electron chi connectivity index (χ2n) is 3.55. The lowest BCUT2D eigenvalue weighted by atomic mass is 10.1. The fraction of sp³-hybridized carbons (Fsp3) is 0.364. The van der Waals surface area contributed by atoms with Gasteiger partial charge in [0.25, 0.3) is 0 Å². The number of methoxy groups -OCH3 is 1. The van der Waals surface area contributed by atoms with Gasteiger partial charge in [0.2, 0.25) is 5.72 Å². The maximum absolute atomic E-state index is 9.93. The molecule has 1 rings (SSSR count). The third kappa shape index (κ3) is 4.58. The van der Waals surface area contributed by atoms with E-state index >= 15 is 0 Å². The number of carboxylic acids is 1. The van der Waals surface area contributed by atoms with E-state index < -0.39 is 17.8 Å². The van der Waals surface area contributed by atoms with Crippen LogP contribution >= 0.6 is 0 Å². The van der Waals surface area contributed by atoms with Crippen molar-refractivity contribution in [3.05, 3.63) is 24.3 Å². The van der Waals surface area contributed by atoms with Crippen LogP contribution in [0.1, 0.15) is 6.92 Å². The summed E-state index contributed by atoms with van der Waals surface area (Å²) >= 11 is 0. The highest BCUT2D eigenvalue weighted by atomic mass is 16.5.